The Bertz CT molecular complexity index is 1080. The molecule has 0 saturated heterocycles. The van der Waals surface area contributed by atoms with Gasteiger partial charge in [-0.2, -0.15) is 0 Å². The second kappa shape index (κ2) is 6.20. The van der Waals surface area contributed by atoms with Gasteiger partial charge in [0.2, 0.25) is 5.69 Å². The lowest BCUT2D eigenvalue weighted by Gasteiger charge is -2.33. The summed E-state index contributed by atoms with van der Waals surface area (Å²) in [5.41, 5.74) is 8.67. The Morgan fingerprint density at radius 1 is 0.821 bits per heavy atom. The molecule has 2 nitrogen and oxygen atoms in total. The number of nitrogens with zero attached hydrogens (tertiary/aromatic N) is 1. The average molecular weight is 373 g/mol. The summed E-state index contributed by atoms with van der Waals surface area (Å²) >= 11 is 0. The molecule has 144 valence electrons. The number of hydrogen-bond acceptors (Lipinski definition) is 1. The number of pyridine rings is 1. The van der Waals surface area contributed by atoms with Crippen molar-refractivity contribution in [3.05, 3.63) is 71.4 Å². The average Bonchev–Trinajstić information content (AvgIpc) is 2.81. The topological polar surface area (TPSA) is 13.1 Å². The molecule has 2 heteroatoms. The van der Waals surface area contributed by atoms with Crippen LogP contribution in [0.1, 0.15) is 44.4 Å². The van der Waals surface area contributed by atoms with Crippen LogP contribution in [-0.2, 0) is 12.5 Å². The molecule has 0 N–H and O–H groups in total. The normalized spacial score (nSPS) is 16.5. The molecule has 0 radical (unpaired) electrons. The number of hydrogen-bond donors (Lipinski definition) is 0. The van der Waals surface area contributed by atoms with Gasteiger partial charge in [-0.05, 0) is 62.6 Å². The molecule has 28 heavy (non-hydrogen) atoms. The fourth-order valence-electron chi connectivity index (χ4n) is 4.18. The zero-order valence-corrected chi connectivity index (χ0v) is 18.1. The van der Waals surface area contributed by atoms with Gasteiger partial charge in [-0.15, -0.1) is 0 Å². The van der Waals surface area contributed by atoms with Gasteiger partial charge in [-0.1, -0.05) is 38.1 Å². The Kier molecular flexibility index (Phi) is 4.15. The van der Waals surface area contributed by atoms with Crippen LogP contribution in [0.4, 0.5) is 0 Å². The van der Waals surface area contributed by atoms with E-state index in [0.29, 0.717) is 0 Å². The molecule has 4 rings (SSSR count). The first-order chi connectivity index (χ1) is 13.1. The van der Waals surface area contributed by atoms with E-state index in [-0.39, 0.29) is 11.0 Å². The van der Waals surface area contributed by atoms with Crippen molar-refractivity contribution >= 4 is 0 Å². The standard InChI is InChI=1S/C26H30NO/c1-17-10-8-9-11-20(17)23-14-18(2)21(16-27(23)7)19-12-13-24-22(15-19)25(3,4)26(5,6)28-24/h8-16H,1-7H3/q+1. The SMILES string of the molecule is Cc1cc(-c2ccccc2C)[n+](C)cc1-c1ccc2c(c1)C(C)(C)C(C)(C)O2. The molecule has 1 aromatic heterocycles. The fourth-order valence-corrected chi connectivity index (χ4v) is 4.18. The van der Waals surface area contributed by atoms with Crippen molar-refractivity contribution in [1.29, 1.82) is 0 Å². The largest absolute Gasteiger partial charge is 0.487 e. The molecular formula is C26H30NO+. The number of rotatable bonds is 2. The first-order valence-electron chi connectivity index (χ1n) is 10.0. The second-order valence-electron chi connectivity index (χ2n) is 9.13. The highest BCUT2D eigenvalue weighted by molar-refractivity contribution is 5.71. The van der Waals surface area contributed by atoms with E-state index >= 15 is 0 Å². The third-order valence-electron chi connectivity index (χ3n) is 6.74. The molecule has 0 atom stereocenters. The third kappa shape index (κ3) is 2.74. The highest BCUT2D eigenvalue weighted by atomic mass is 16.5. The highest BCUT2D eigenvalue weighted by Gasteiger charge is 2.48. The van der Waals surface area contributed by atoms with E-state index in [1.54, 1.807) is 0 Å². The lowest BCUT2D eigenvalue weighted by atomic mass is 9.73. The van der Waals surface area contributed by atoms with Crippen LogP contribution in [0.2, 0.25) is 0 Å². The molecule has 1 aliphatic heterocycles. The molecule has 1 aliphatic rings. The summed E-state index contributed by atoms with van der Waals surface area (Å²) in [5, 5.41) is 0. The minimum atomic E-state index is -0.206. The van der Waals surface area contributed by atoms with Crippen LogP contribution >= 0.6 is 0 Å². The van der Waals surface area contributed by atoms with Crippen molar-refractivity contribution in [2.45, 2.75) is 52.6 Å². The molecule has 2 aromatic carbocycles. The van der Waals surface area contributed by atoms with Gasteiger partial charge in [0.25, 0.3) is 0 Å². The van der Waals surface area contributed by atoms with Crippen molar-refractivity contribution in [3.63, 3.8) is 0 Å². The van der Waals surface area contributed by atoms with Crippen molar-refractivity contribution < 1.29 is 9.30 Å². The quantitative estimate of drug-likeness (QED) is 0.510. The van der Waals surface area contributed by atoms with Gasteiger partial charge in [0.05, 0.1) is 0 Å². The lowest BCUT2D eigenvalue weighted by Crippen LogP contribution is -2.42. The maximum atomic E-state index is 6.24. The van der Waals surface area contributed by atoms with Gasteiger partial charge in [0, 0.05) is 28.2 Å². The number of aryl methyl sites for hydroxylation is 3. The van der Waals surface area contributed by atoms with Gasteiger partial charge in [0.1, 0.15) is 18.4 Å². The Balaban J connectivity index is 1.83. The van der Waals surface area contributed by atoms with Crippen LogP contribution in [0, 0.1) is 13.8 Å². The molecule has 0 bridgehead atoms. The summed E-state index contributed by atoms with van der Waals surface area (Å²) in [6.45, 7) is 13.3. The Labute approximate surface area is 168 Å². The predicted octanol–water partition coefficient (Wildman–Crippen LogP) is 5.91. The maximum absolute atomic E-state index is 6.24. The molecule has 0 saturated carbocycles. The summed E-state index contributed by atoms with van der Waals surface area (Å²) < 4.78 is 8.48. The van der Waals surface area contributed by atoms with Gasteiger partial charge < -0.3 is 4.74 Å². The maximum Gasteiger partial charge on any atom is 0.212 e. The monoisotopic (exact) mass is 372 g/mol. The number of aromatic nitrogens is 1. The van der Waals surface area contributed by atoms with Crippen LogP contribution in [0.5, 0.6) is 5.75 Å². The first kappa shape index (κ1) is 18.7. The highest BCUT2D eigenvalue weighted by Crippen LogP contribution is 2.49. The minimum Gasteiger partial charge on any atom is -0.487 e. The Morgan fingerprint density at radius 2 is 1.54 bits per heavy atom. The number of fused-ring (bicyclic) bond motifs is 1. The molecular weight excluding hydrogens is 342 g/mol. The smallest absolute Gasteiger partial charge is 0.212 e. The van der Waals surface area contributed by atoms with Crippen LogP contribution in [0.15, 0.2) is 54.7 Å². The van der Waals surface area contributed by atoms with Crippen LogP contribution < -0.4 is 9.30 Å². The molecule has 0 unspecified atom stereocenters. The van der Waals surface area contributed by atoms with E-state index < -0.39 is 0 Å². The van der Waals surface area contributed by atoms with Gasteiger partial charge in [-0.3, -0.25) is 0 Å². The fraction of sp³-hybridized carbons (Fsp3) is 0.346. The van der Waals surface area contributed by atoms with E-state index in [1.807, 2.05) is 0 Å². The summed E-state index contributed by atoms with van der Waals surface area (Å²) in [7, 11) is 2.13. The van der Waals surface area contributed by atoms with Crippen LogP contribution in [0.3, 0.4) is 0 Å². The van der Waals surface area contributed by atoms with Crippen molar-refractivity contribution in [3.8, 4) is 28.1 Å². The first-order valence-corrected chi connectivity index (χ1v) is 10.0. The van der Waals surface area contributed by atoms with Crippen molar-refractivity contribution in [2.24, 2.45) is 7.05 Å². The molecule has 0 fully saturated rings. The molecule has 0 spiro atoms. The van der Waals surface area contributed by atoms with E-state index in [0.717, 1.165) is 5.75 Å². The molecule has 0 aliphatic carbocycles. The second-order valence-corrected chi connectivity index (χ2v) is 9.13. The zero-order valence-electron chi connectivity index (χ0n) is 18.1. The minimum absolute atomic E-state index is 0.0322. The summed E-state index contributed by atoms with van der Waals surface area (Å²) in [5.74, 6) is 1.01. The van der Waals surface area contributed by atoms with E-state index in [1.165, 1.54) is 39.1 Å². The molecule has 0 amide bonds. The van der Waals surface area contributed by atoms with E-state index in [2.05, 4.69) is 108 Å². The van der Waals surface area contributed by atoms with Crippen molar-refractivity contribution in [2.75, 3.05) is 0 Å². The summed E-state index contributed by atoms with van der Waals surface area (Å²) in [6.07, 6.45) is 2.26. The summed E-state index contributed by atoms with van der Waals surface area (Å²) in [4.78, 5) is 0. The molecule has 3 aromatic rings. The van der Waals surface area contributed by atoms with Crippen LogP contribution in [-0.4, -0.2) is 5.60 Å². The van der Waals surface area contributed by atoms with Gasteiger partial charge in [0.15, 0.2) is 6.20 Å². The molecule has 2 heterocycles. The predicted molar refractivity (Wildman–Crippen MR) is 116 cm³/mol. The van der Waals surface area contributed by atoms with Crippen LogP contribution in [0.25, 0.3) is 22.4 Å². The lowest BCUT2D eigenvalue weighted by molar-refractivity contribution is -0.660. The van der Waals surface area contributed by atoms with E-state index in [9.17, 15) is 0 Å². The third-order valence-corrected chi connectivity index (χ3v) is 6.74. The van der Waals surface area contributed by atoms with E-state index in [4.69, 9.17) is 4.74 Å². The Morgan fingerprint density at radius 3 is 2.25 bits per heavy atom. The van der Waals surface area contributed by atoms with Gasteiger partial charge in [-0.25, -0.2) is 4.57 Å². The zero-order chi connectivity index (χ0) is 20.3. The Hall–Kier alpha value is -2.61. The number of benzene rings is 2. The van der Waals surface area contributed by atoms with Gasteiger partial charge >= 0.3 is 0 Å². The van der Waals surface area contributed by atoms with Crippen molar-refractivity contribution in [1.82, 2.24) is 0 Å². The number of ether oxygens (including phenoxy) is 1. The summed E-state index contributed by atoms with van der Waals surface area (Å²) in [6, 6.07) is 17.5.